The highest BCUT2D eigenvalue weighted by Gasteiger charge is 2.54. The molecule has 4 rings (SSSR count). The summed E-state index contributed by atoms with van der Waals surface area (Å²) in [5.41, 5.74) is 2.57. The number of aliphatic hydroxyl groups excluding tert-OH is 1. The summed E-state index contributed by atoms with van der Waals surface area (Å²) in [5, 5.41) is 22.6. The van der Waals surface area contributed by atoms with Gasteiger partial charge in [0, 0.05) is 6.54 Å². The molecule has 3 aliphatic carbocycles. The van der Waals surface area contributed by atoms with Gasteiger partial charge in [-0.1, -0.05) is 41.7 Å². The normalized spacial score (nSPS) is 31.1. The first-order chi connectivity index (χ1) is 15.0. The third kappa shape index (κ3) is 5.79. The van der Waals surface area contributed by atoms with Crippen molar-refractivity contribution in [3.05, 3.63) is 39.5 Å². The number of carbonyl (C=O) groups excluding carboxylic acids is 1. The molecular formula is C26H38INO4. The van der Waals surface area contributed by atoms with Gasteiger partial charge < -0.3 is 20.3 Å². The molecule has 1 aromatic rings. The molecule has 5 nitrogen and oxygen atoms in total. The number of benzene rings is 1. The van der Waals surface area contributed by atoms with E-state index in [1.54, 1.807) is 0 Å². The van der Waals surface area contributed by atoms with Gasteiger partial charge in [-0.05, 0) is 110 Å². The number of nitrogens with one attached hydrogen (secondary N) is 1. The van der Waals surface area contributed by atoms with Gasteiger partial charge in [-0.2, -0.15) is 0 Å². The second kappa shape index (κ2) is 10.3. The SMILES string of the molecule is CC(C)(C)OC(=O)NC/C=C/I.C[C@]12CC[C@@H]3c4ccc(O)cc4CC[C@H]3[C@@H]1CC[C@@H]2O. The lowest BCUT2D eigenvalue weighted by molar-refractivity contribution is -0.0226. The molecule has 3 N–H and O–H groups in total. The Morgan fingerprint density at radius 2 is 2.03 bits per heavy atom. The number of phenols is 1. The number of aliphatic hydroxyl groups is 1. The fourth-order valence-electron chi connectivity index (χ4n) is 6.04. The molecule has 2 fully saturated rings. The minimum absolute atomic E-state index is 0.0883. The van der Waals surface area contributed by atoms with E-state index < -0.39 is 5.60 Å². The summed E-state index contributed by atoms with van der Waals surface area (Å²) in [4.78, 5) is 11.0. The Labute approximate surface area is 206 Å². The number of alkyl carbamates (subject to hydrolysis) is 1. The van der Waals surface area contributed by atoms with E-state index in [2.05, 4.69) is 40.9 Å². The minimum atomic E-state index is -0.419. The van der Waals surface area contributed by atoms with Crippen molar-refractivity contribution in [2.45, 2.75) is 83.8 Å². The van der Waals surface area contributed by atoms with E-state index >= 15 is 0 Å². The van der Waals surface area contributed by atoms with Gasteiger partial charge in [0.2, 0.25) is 0 Å². The van der Waals surface area contributed by atoms with Gasteiger partial charge in [0.15, 0.2) is 0 Å². The summed E-state index contributed by atoms with van der Waals surface area (Å²) < 4.78 is 6.84. The first-order valence-corrected chi connectivity index (χ1v) is 13.0. The van der Waals surface area contributed by atoms with E-state index in [-0.39, 0.29) is 17.6 Å². The van der Waals surface area contributed by atoms with Crippen LogP contribution in [0.15, 0.2) is 28.4 Å². The smallest absolute Gasteiger partial charge is 0.407 e. The third-order valence-electron chi connectivity index (χ3n) is 7.51. The van der Waals surface area contributed by atoms with Crippen LogP contribution < -0.4 is 5.32 Å². The molecule has 1 amide bonds. The van der Waals surface area contributed by atoms with Gasteiger partial charge in [-0.3, -0.25) is 0 Å². The summed E-state index contributed by atoms with van der Waals surface area (Å²) in [5.74, 6) is 2.49. The number of aromatic hydroxyl groups is 1. The van der Waals surface area contributed by atoms with Crippen molar-refractivity contribution in [2.75, 3.05) is 6.54 Å². The molecule has 0 radical (unpaired) electrons. The largest absolute Gasteiger partial charge is 0.508 e. The summed E-state index contributed by atoms with van der Waals surface area (Å²) in [6, 6.07) is 5.96. The number of amides is 1. The Kier molecular flexibility index (Phi) is 8.18. The molecule has 5 atom stereocenters. The molecule has 0 spiro atoms. The topological polar surface area (TPSA) is 78.8 Å². The average molecular weight is 555 g/mol. The van der Waals surface area contributed by atoms with Crippen molar-refractivity contribution in [3.8, 4) is 5.75 Å². The molecule has 0 bridgehead atoms. The van der Waals surface area contributed by atoms with Crippen molar-refractivity contribution >= 4 is 28.7 Å². The minimum Gasteiger partial charge on any atom is -0.508 e. The van der Waals surface area contributed by atoms with Gasteiger partial charge >= 0.3 is 6.09 Å². The molecule has 6 heteroatoms. The van der Waals surface area contributed by atoms with E-state index in [0.717, 1.165) is 25.2 Å². The number of fused-ring (bicyclic) bond motifs is 5. The van der Waals surface area contributed by atoms with Crippen molar-refractivity contribution in [2.24, 2.45) is 17.3 Å². The van der Waals surface area contributed by atoms with Gasteiger partial charge in [-0.15, -0.1) is 0 Å². The fraction of sp³-hybridized carbons (Fsp3) is 0.654. The van der Waals surface area contributed by atoms with Crippen LogP contribution in [0.1, 0.15) is 76.8 Å². The maximum Gasteiger partial charge on any atom is 0.407 e. The number of carbonyl (C=O) groups is 1. The van der Waals surface area contributed by atoms with Crippen LogP contribution in [0.4, 0.5) is 4.79 Å². The predicted molar refractivity (Wildman–Crippen MR) is 136 cm³/mol. The molecule has 32 heavy (non-hydrogen) atoms. The molecule has 0 heterocycles. The lowest BCUT2D eigenvalue weighted by Crippen LogP contribution is -2.43. The van der Waals surface area contributed by atoms with Gasteiger partial charge in [0.1, 0.15) is 11.4 Å². The monoisotopic (exact) mass is 555 g/mol. The van der Waals surface area contributed by atoms with Crippen LogP contribution in [0.3, 0.4) is 0 Å². The number of aryl methyl sites for hydroxylation is 1. The summed E-state index contributed by atoms with van der Waals surface area (Å²) >= 11 is 2.09. The first-order valence-electron chi connectivity index (χ1n) is 11.8. The fourth-order valence-corrected chi connectivity index (χ4v) is 6.30. The lowest BCUT2D eigenvalue weighted by Gasteiger charge is -2.50. The maximum atomic E-state index is 11.0. The van der Waals surface area contributed by atoms with E-state index in [4.69, 9.17) is 4.74 Å². The third-order valence-corrected chi connectivity index (χ3v) is 8.02. The highest BCUT2D eigenvalue weighted by Crippen LogP contribution is 2.60. The van der Waals surface area contributed by atoms with Gasteiger partial charge in [0.05, 0.1) is 6.10 Å². The Bertz CT molecular complexity index is 834. The maximum absolute atomic E-state index is 11.0. The highest BCUT2D eigenvalue weighted by atomic mass is 127. The lowest BCUT2D eigenvalue weighted by atomic mass is 9.55. The van der Waals surface area contributed by atoms with Crippen molar-refractivity contribution < 1.29 is 19.7 Å². The number of hydrogen-bond acceptors (Lipinski definition) is 4. The summed E-state index contributed by atoms with van der Waals surface area (Å²) in [7, 11) is 0. The molecule has 0 aromatic heterocycles. The van der Waals surface area contributed by atoms with Gasteiger partial charge in [0.25, 0.3) is 0 Å². The Balaban J connectivity index is 0.000000210. The Hall–Kier alpha value is -1.28. The molecular weight excluding hydrogens is 517 g/mol. The molecule has 0 aliphatic heterocycles. The second-order valence-electron chi connectivity index (χ2n) is 10.7. The van der Waals surface area contributed by atoms with Crippen LogP contribution in [-0.4, -0.2) is 34.6 Å². The number of ether oxygens (including phenoxy) is 1. The van der Waals surface area contributed by atoms with Gasteiger partial charge in [-0.25, -0.2) is 4.79 Å². The summed E-state index contributed by atoms with van der Waals surface area (Å²) in [6.45, 7) is 8.33. The highest BCUT2D eigenvalue weighted by molar-refractivity contribution is 14.1. The number of rotatable bonds is 2. The zero-order chi connectivity index (χ0) is 23.5. The molecule has 3 aliphatic rings. The van der Waals surface area contributed by atoms with Crippen molar-refractivity contribution in [1.29, 1.82) is 0 Å². The van der Waals surface area contributed by atoms with E-state index in [1.807, 2.05) is 43.1 Å². The van der Waals surface area contributed by atoms with Crippen LogP contribution >= 0.6 is 22.6 Å². The van der Waals surface area contributed by atoms with Crippen LogP contribution in [0.5, 0.6) is 5.75 Å². The number of halogens is 1. The van der Waals surface area contributed by atoms with Crippen LogP contribution in [-0.2, 0) is 11.2 Å². The van der Waals surface area contributed by atoms with Crippen molar-refractivity contribution in [3.63, 3.8) is 0 Å². The number of hydrogen-bond donors (Lipinski definition) is 3. The molecule has 178 valence electrons. The van der Waals surface area contributed by atoms with E-state index in [1.165, 1.54) is 30.4 Å². The van der Waals surface area contributed by atoms with Crippen LogP contribution in [0.2, 0.25) is 0 Å². The second-order valence-corrected chi connectivity index (χ2v) is 11.4. The number of phenolic OH excluding ortho intramolecular Hbond substituents is 1. The molecule has 0 unspecified atom stereocenters. The molecule has 0 saturated heterocycles. The molecule has 1 aromatic carbocycles. The Morgan fingerprint density at radius 1 is 1.28 bits per heavy atom. The van der Waals surface area contributed by atoms with Crippen LogP contribution in [0, 0.1) is 17.3 Å². The predicted octanol–water partition coefficient (Wildman–Crippen LogP) is 6.07. The first kappa shape index (κ1) is 25.3. The standard InChI is InChI=1S/C18H24O2.C8H14INO2/c1-18-9-8-14-13-5-3-12(19)10-11(13)2-4-15(14)16(18)6-7-17(18)20;1-8(2,3)12-7(11)10-6-4-5-9/h3,5,10,14-17,19-20H,2,4,6-9H2,1H3;4-5H,6H2,1-3H3,(H,10,11)/b;5-4+/t14-,15-,16+,17+,18+;/m1./s1. The summed E-state index contributed by atoms with van der Waals surface area (Å²) in [6.07, 6.45) is 8.24. The van der Waals surface area contributed by atoms with E-state index in [9.17, 15) is 15.0 Å². The van der Waals surface area contributed by atoms with Crippen molar-refractivity contribution in [1.82, 2.24) is 5.32 Å². The Morgan fingerprint density at radius 3 is 2.72 bits per heavy atom. The van der Waals surface area contributed by atoms with Crippen LogP contribution in [0.25, 0.3) is 0 Å². The molecule has 2 saturated carbocycles. The zero-order valence-electron chi connectivity index (χ0n) is 19.7. The average Bonchev–Trinajstić information content (AvgIpc) is 3.02. The quantitative estimate of drug-likeness (QED) is 0.387. The zero-order valence-corrected chi connectivity index (χ0v) is 21.9. The van der Waals surface area contributed by atoms with E-state index in [0.29, 0.717) is 24.1 Å².